The van der Waals surface area contributed by atoms with Crippen molar-refractivity contribution in [1.29, 1.82) is 0 Å². The van der Waals surface area contributed by atoms with Crippen LogP contribution in [-0.4, -0.2) is 35.2 Å². The van der Waals surface area contributed by atoms with Crippen LogP contribution in [0.5, 0.6) is 0 Å². The van der Waals surface area contributed by atoms with Crippen LogP contribution in [0, 0.1) is 5.82 Å². The van der Waals surface area contributed by atoms with Crippen LogP contribution in [0.1, 0.15) is 23.3 Å². The molecule has 1 fully saturated rings. The van der Waals surface area contributed by atoms with Gasteiger partial charge in [0.05, 0.1) is 5.69 Å². The molecule has 0 radical (unpaired) electrons. The Bertz CT molecular complexity index is 623. The molecule has 1 aromatic carbocycles. The van der Waals surface area contributed by atoms with Crippen LogP contribution >= 0.6 is 12.4 Å². The number of nitrogens with zero attached hydrogens (tertiary/aromatic N) is 1. The zero-order valence-electron chi connectivity index (χ0n) is 11.9. The maximum absolute atomic E-state index is 12.9. The first-order valence-electron chi connectivity index (χ1n) is 7.05. The van der Waals surface area contributed by atoms with Crippen LogP contribution in [0.2, 0.25) is 0 Å². The Morgan fingerprint density at radius 3 is 2.77 bits per heavy atom. The smallest absolute Gasteiger partial charge is 0.269 e. The number of aromatic amines is 1. The average molecular weight is 325 g/mol. The van der Waals surface area contributed by atoms with Gasteiger partial charge in [0.2, 0.25) is 0 Å². The summed E-state index contributed by atoms with van der Waals surface area (Å²) in [5.74, 6) is -0.457. The summed E-state index contributed by atoms with van der Waals surface area (Å²) < 4.78 is 12.9. The number of halogens is 2. The van der Waals surface area contributed by atoms with Gasteiger partial charge in [-0.25, -0.2) is 4.39 Å². The second kappa shape index (κ2) is 7.38. The van der Waals surface area contributed by atoms with E-state index < -0.39 is 0 Å². The second-order valence-electron chi connectivity index (χ2n) is 5.19. The lowest BCUT2D eigenvalue weighted by molar-refractivity contribution is 0.0925. The Kier molecular flexibility index (Phi) is 5.51. The fourth-order valence-electron chi connectivity index (χ4n) is 2.44. The van der Waals surface area contributed by atoms with E-state index in [0.717, 1.165) is 31.5 Å². The molecule has 22 heavy (non-hydrogen) atoms. The van der Waals surface area contributed by atoms with Gasteiger partial charge >= 0.3 is 0 Å². The fourth-order valence-corrected chi connectivity index (χ4v) is 2.44. The van der Waals surface area contributed by atoms with Gasteiger partial charge in [-0.3, -0.25) is 9.89 Å². The van der Waals surface area contributed by atoms with E-state index in [0.29, 0.717) is 11.4 Å². The number of piperidine rings is 1. The summed E-state index contributed by atoms with van der Waals surface area (Å²) in [7, 11) is 0. The maximum Gasteiger partial charge on any atom is 0.269 e. The van der Waals surface area contributed by atoms with Crippen molar-refractivity contribution in [3.05, 3.63) is 41.8 Å². The minimum atomic E-state index is -0.294. The third-order valence-corrected chi connectivity index (χ3v) is 3.59. The quantitative estimate of drug-likeness (QED) is 0.810. The number of carbonyl (C=O) groups is 1. The predicted octanol–water partition coefficient (Wildman–Crippen LogP) is 2.12. The number of H-pyrrole nitrogens is 1. The normalized spacial score (nSPS) is 17.6. The van der Waals surface area contributed by atoms with E-state index in [-0.39, 0.29) is 30.2 Å². The van der Waals surface area contributed by atoms with Crippen molar-refractivity contribution in [2.75, 3.05) is 13.1 Å². The third kappa shape index (κ3) is 3.84. The summed E-state index contributed by atoms with van der Waals surface area (Å²) in [6.45, 7) is 1.80. The number of carbonyl (C=O) groups excluding carboxylic acids is 1. The van der Waals surface area contributed by atoms with Crippen molar-refractivity contribution < 1.29 is 9.18 Å². The summed E-state index contributed by atoms with van der Waals surface area (Å²) in [6.07, 6.45) is 2.05. The molecule has 3 N–H and O–H groups in total. The number of rotatable bonds is 3. The highest BCUT2D eigenvalue weighted by Crippen LogP contribution is 2.18. The second-order valence-corrected chi connectivity index (χ2v) is 5.19. The zero-order valence-corrected chi connectivity index (χ0v) is 12.8. The van der Waals surface area contributed by atoms with Gasteiger partial charge in [0.1, 0.15) is 11.5 Å². The maximum atomic E-state index is 12.9. The molecule has 1 aromatic heterocycles. The first-order chi connectivity index (χ1) is 10.2. The third-order valence-electron chi connectivity index (χ3n) is 3.59. The van der Waals surface area contributed by atoms with Crippen LogP contribution in [-0.2, 0) is 0 Å². The molecule has 1 saturated heterocycles. The molecule has 7 heteroatoms. The van der Waals surface area contributed by atoms with E-state index in [4.69, 9.17) is 0 Å². The number of aromatic nitrogens is 2. The van der Waals surface area contributed by atoms with E-state index >= 15 is 0 Å². The summed E-state index contributed by atoms with van der Waals surface area (Å²) in [5.41, 5.74) is 1.81. The van der Waals surface area contributed by atoms with E-state index in [1.165, 1.54) is 12.1 Å². The fraction of sp³-hybridized carbons (Fsp3) is 0.333. The Morgan fingerprint density at radius 1 is 1.32 bits per heavy atom. The van der Waals surface area contributed by atoms with Gasteiger partial charge in [-0.05, 0) is 49.7 Å². The molecule has 1 aliphatic rings. The molecule has 1 atom stereocenters. The highest BCUT2D eigenvalue weighted by atomic mass is 35.5. The van der Waals surface area contributed by atoms with Gasteiger partial charge in [0, 0.05) is 18.2 Å². The van der Waals surface area contributed by atoms with Crippen molar-refractivity contribution in [3.63, 3.8) is 0 Å². The molecule has 1 amide bonds. The highest BCUT2D eigenvalue weighted by Gasteiger charge is 2.18. The van der Waals surface area contributed by atoms with Crippen molar-refractivity contribution in [3.8, 4) is 11.3 Å². The summed E-state index contributed by atoms with van der Waals surface area (Å²) in [5, 5.41) is 13.1. The Labute approximate surface area is 134 Å². The minimum absolute atomic E-state index is 0. The van der Waals surface area contributed by atoms with Crippen molar-refractivity contribution in [1.82, 2.24) is 20.8 Å². The number of nitrogens with one attached hydrogen (secondary N) is 3. The number of benzene rings is 1. The molecule has 0 unspecified atom stereocenters. The first-order valence-corrected chi connectivity index (χ1v) is 7.05. The molecule has 0 spiro atoms. The standard InChI is InChI=1S/C15H17FN4O.ClH/c16-11-5-3-10(4-6-11)13-8-14(20-19-13)15(21)18-12-2-1-7-17-9-12;/h3-6,8,12,17H,1-2,7,9H2,(H,18,21)(H,19,20);1H/t12-;/m0./s1. The van der Waals surface area contributed by atoms with Crippen molar-refractivity contribution >= 4 is 18.3 Å². The number of hydrogen-bond acceptors (Lipinski definition) is 3. The van der Waals surface area contributed by atoms with Crippen LogP contribution < -0.4 is 10.6 Å². The largest absolute Gasteiger partial charge is 0.347 e. The van der Waals surface area contributed by atoms with Gasteiger partial charge in [0.25, 0.3) is 5.91 Å². The number of hydrogen-bond donors (Lipinski definition) is 3. The lowest BCUT2D eigenvalue weighted by atomic mass is 10.1. The summed E-state index contributed by atoms with van der Waals surface area (Å²) in [4.78, 5) is 12.1. The van der Waals surface area contributed by atoms with Crippen LogP contribution in [0.3, 0.4) is 0 Å². The molecule has 0 aliphatic carbocycles. The highest BCUT2D eigenvalue weighted by molar-refractivity contribution is 5.93. The van der Waals surface area contributed by atoms with E-state index in [1.54, 1.807) is 18.2 Å². The summed E-state index contributed by atoms with van der Waals surface area (Å²) >= 11 is 0. The lowest BCUT2D eigenvalue weighted by Gasteiger charge is -2.23. The molecule has 1 aliphatic heterocycles. The Hall–Kier alpha value is -1.92. The average Bonchev–Trinajstić information content (AvgIpc) is 2.99. The molecule has 0 bridgehead atoms. The van der Waals surface area contributed by atoms with Crippen LogP contribution in [0.4, 0.5) is 4.39 Å². The predicted molar refractivity (Wildman–Crippen MR) is 84.6 cm³/mol. The van der Waals surface area contributed by atoms with Gasteiger partial charge in [-0.2, -0.15) is 5.10 Å². The van der Waals surface area contributed by atoms with Gasteiger partial charge in [0.15, 0.2) is 0 Å². The van der Waals surface area contributed by atoms with Gasteiger partial charge < -0.3 is 10.6 Å². The SMILES string of the molecule is Cl.O=C(N[C@H]1CCCNC1)c1cc(-c2ccc(F)cc2)n[nH]1. The topological polar surface area (TPSA) is 69.8 Å². The zero-order chi connectivity index (χ0) is 14.7. The monoisotopic (exact) mass is 324 g/mol. The molecule has 118 valence electrons. The van der Waals surface area contributed by atoms with E-state index in [1.807, 2.05) is 0 Å². The lowest BCUT2D eigenvalue weighted by Crippen LogP contribution is -2.45. The van der Waals surface area contributed by atoms with E-state index in [9.17, 15) is 9.18 Å². The Morgan fingerprint density at radius 2 is 2.09 bits per heavy atom. The minimum Gasteiger partial charge on any atom is -0.347 e. The molecule has 5 nitrogen and oxygen atoms in total. The van der Waals surface area contributed by atoms with Crippen LogP contribution in [0.25, 0.3) is 11.3 Å². The summed E-state index contributed by atoms with van der Waals surface area (Å²) in [6, 6.07) is 7.85. The molecule has 3 rings (SSSR count). The Balaban J connectivity index is 0.00000176. The van der Waals surface area contributed by atoms with Gasteiger partial charge in [-0.15, -0.1) is 12.4 Å². The molecular formula is C15H18ClFN4O. The van der Waals surface area contributed by atoms with Crippen LogP contribution in [0.15, 0.2) is 30.3 Å². The van der Waals surface area contributed by atoms with Gasteiger partial charge in [-0.1, -0.05) is 0 Å². The molecular weight excluding hydrogens is 307 g/mol. The molecule has 0 saturated carbocycles. The van der Waals surface area contributed by atoms with E-state index in [2.05, 4.69) is 20.8 Å². The first kappa shape index (κ1) is 16.5. The van der Waals surface area contributed by atoms with Crippen molar-refractivity contribution in [2.24, 2.45) is 0 Å². The van der Waals surface area contributed by atoms with Crippen molar-refractivity contribution in [2.45, 2.75) is 18.9 Å². The molecule has 2 heterocycles. The molecule has 2 aromatic rings. The number of amides is 1.